The van der Waals surface area contributed by atoms with Crippen molar-refractivity contribution in [3.63, 3.8) is 0 Å². The summed E-state index contributed by atoms with van der Waals surface area (Å²) in [7, 11) is 3.07. The molecule has 31 heteroatoms. The highest BCUT2D eigenvalue weighted by Crippen LogP contribution is 2.45. The van der Waals surface area contributed by atoms with Gasteiger partial charge in [0, 0.05) is 83.3 Å². The van der Waals surface area contributed by atoms with E-state index in [1.54, 1.807) is 83.3 Å². The number of hydroxylamine groups is 2. The number of imide groups is 1. The minimum Gasteiger partial charge on any atom is -0.495 e. The zero-order chi connectivity index (χ0) is 77.3. The van der Waals surface area contributed by atoms with Crippen molar-refractivity contribution in [3.05, 3.63) is 106 Å². The van der Waals surface area contributed by atoms with Crippen LogP contribution in [0.5, 0.6) is 5.75 Å². The minimum atomic E-state index is -1.30. The standard InChI is InChI=1S/C75H103ClN8O22/c1-46(2)40-59-72(94)103-57(15-12-16-61(86)81-56(42-51-23-28-58(98-9)54(76)41-51)69(91)79-45-75(6,7)73(95)104-59)48(5)67-68(105-67)52-24-19-49(20-25-52)43-78-74(96)102-44-50-21-26-53(27-22-50)80-70(92)55(14-10-11-32-77-60(85)31-33-99-36-37-101-39-38-100-35-34-97-8)82-71(93)66(47(3)4)83-62(87)17-13-18-65(90)106-84-63(88)29-30-64(84)89/h12,16,19-28,41,46-48,55-57,59,66-68H,10-11,13-15,17-18,29-40,42-45H2,1-9H3,(H,77,85)(H,78,96)(H,79,91)(H,80,92)(H,81,86)(H,82,93)(H,83,87)/b16-12+/t48-,55-,56+,57-,59-,66-,67+,68+/m0/s1. The molecule has 9 amide bonds. The maximum Gasteiger partial charge on any atom is 0.407 e. The molecule has 0 saturated carbocycles. The van der Waals surface area contributed by atoms with Crippen LogP contribution < -0.4 is 42.0 Å². The molecule has 7 N–H and O–H groups in total. The number of hydrogen-bond donors (Lipinski definition) is 7. The summed E-state index contributed by atoms with van der Waals surface area (Å²) >= 11 is 6.40. The van der Waals surface area contributed by atoms with E-state index in [1.807, 2.05) is 45.0 Å². The van der Waals surface area contributed by atoms with E-state index in [2.05, 4.69) is 37.2 Å². The third-order valence-corrected chi connectivity index (χ3v) is 17.7. The Morgan fingerprint density at radius 3 is 2.03 bits per heavy atom. The molecule has 0 unspecified atom stereocenters. The normalized spacial score (nSPS) is 19.5. The number of ether oxygens (including phenoxy) is 9. The Morgan fingerprint density at radius 2 is 1.38 bits per heavy atom. The first-order valence-corrected chi connectivity index (χ1v) is 36.2. The summed E-state index contributed by atoms with van der Waals surface area (Å²) in [5.41, 5.74) is 1.84. The van der Waals surface area contributed by atoms with Crippen molar-refractivity contribution in [2.24, 2.45) is 23.2 Å². The molecule has 3 aliphatic rings. The molecule has 106 heavy (non-hydrogen) atoms. The number of methoxy groups -OCH3 is 2. The third-order valence-electron chi connectivity index (χ3n) is 17.4. The van der Waals surface area contributed by atoms with Crippen LogP contribution in [0, 0.1) is 23.2 Å². The molecule has 3 heterocycles. The smallest absolute Gasteiger partial charge is 0.407 e. The lowest BCUT2D eigenvalue weighted by Crippen LogP contribution is -2.54. The summed E-state index contributed by atoms with van der Waals surface area (Å²) in [5.74, 6) is -7.34. The van der Waals surface area contributed by atoms with Crippen molar-refractivity contribution in [1.82, 2.24) is 37.0 Å². The predicted molar refractivity (Wildman–Crippen MR) is 384 cm³/mol. The zero-order valence-corrected chi connectivity index (χ0v) is 62.6. The molecule has 0 aliphatic carbocycles. The monoisotopic (exact) mass is 1500 g/mol. The van der Waals surface area contributed by atoms with Crippen LogP contribution in [0.3, 0.4) is 0 Å². The lowest BCUT2D eigenvalue weighted by Gasteiger charge is -2.29. The molecule has 3 aromatic carbocycles. The maximum absolute atomic E-state index is 14.0. The van der Waals surface area contributed by atoms with Gasteiger partial charge in [-0.3, -0.25) is 43.2 Å². The number of nitrogens with one attached hydrogen (secondary N) is 7. The molecule has 8 atom stereocenters. The van der Waals surface area contributed by atoms with Crippen molar-refractivity contribution >= 4 is 88.5 Å². The summed E-state index contributed by atoms with van der Waals surface area (Å²) in [5, 5.41) is 20.1. The van der Waals surface area contributed by atoms with Gasteiger partial charge in [0.05, 0.1) is 69.9 Å². The van der Waals surface area contributed by atoms with E-state index in [-0.39, 0.29) is 109 Å². The number of hydrogen-bond acceptors (Lipinski definition) is 22. The predicted octanol–water partition coefficient (Wildman–Crippen LogP) is 6.26. The number of alkyl carbamates (subject to hydrolysis) is 1. The topological polar surface area (TPSA) is 388 Å². The van der Waals surface area contributed by atoms with Crippen LogP contribution in [0.25, 0.3) is 0 Å². The van der Waals surface area contributed by atoms with Gasteiger partial charge in [-0.25, -0.2) is 14.4 Å². The fourth-order valence-electron chi connectivity index (χ4n) is 11.1. The number of carbonyl (C=O) groups excluding carboxylic acids is 12. The first kappa shape index (κ1) is 85.9. The number of carbonyl (C=O) groups is 12. The molecule has 3 aliphatic heterocycles. The van der Waals surface area contributed by atoms with Crippen LogP contribution in [0.15, 0.2) is 78.9 Å². The fourth-order valence-corrected chi connectivity index (χ4v) is 11.4. The number of nitrogens with zero attached hydrogens (tertiary/aromatic N) is 1. The van der Waals surface area contributed by atoms with Gasteiger partial charge in [-0.1, -0.05) is 94.8 Å². The van der Waals surface area contributed by atoms with Crippen molar-refractivity contribution in [2.75, 3.05) is 78.9 Å². The van der Waals surface area contributed by atoms with Gasteiger partial charge in [0.15, 0.2) is 6.10 Å². The van der Waals surface area contributed by atoms with Crippen molar-refractivity contribution in [3.8, 4) is 5.75 Å². The zero-order valence-electron chi connectivity index (χ0n) is 61.8. The molecule has 30 nitrogen and oxygen atoms in total. The van der Waals surface area contributed by atoms with Gasteiger partial charge in [0.1, 0.15) is 42.7 Å². The molecular formula is C75H103ClN8O22. The number of halogens is 1. The van der Waals surface area contributed by atoms with Crippen LogP contribution in [0.4, 0.5) is 10.5 Å². The number of rotatable bonds is 40. The Balaban J connectivity index is 1.000. The quantitative estimate of drug-likeness (QED) is 0.0108. The molecule has 0 radical (unpaired) electrons. The Hall–Kier alpha value is -9.07. The lowest BCUT2D eigenvalue weighted by molar-refractivity contribution is -0.197. The van der Waals surface area contributed by atoms with E-state index in [1.165, 1.54) is 13.2 Å². The molecule has 2 saturated heterocycles. The Bertz CT molecular complexity index is 3470. The van der Waals surface area contributed by atoms with Gasteiger partial charge in [-0.2, -0.15) is 0 Å². The van der Waals surface area contributed by atoms with E-state index in [4.69, 9.17) is 59.1 Å². The first-order valence-electron chi connectivity index (χ1n) is 35.8. The summed E-state index contributed by atoms with van der Waals surface area (Å²) in [6.07, 6.45) is -0.103. The molecular weight excluding hydrogens is 1400 g/mol. The lowest BCUT2D eigenvalue weighted by atomic mass is 9.92. The highest BCUT2D eigenvalue weighted by atomic mass is 35.5. The van der Waals surface area contributed by atoms with Crippen LogP contribution in [0.2, 0.25) is 5.02 Å². The van der Waals surface area contributed by atoms with Crippen molar-refractivity contribution < 1.29 is 105 Å². The van der Waals surface area contributed by atoms with Crippen LogP contribution in [-0.4, -0.2) is 186 Å². The fraction of sp³-hybridized carbons (Fsp3) is 0.573. The number of anilines is 1. The van der Waals surface area contributed by atoms with Crippen molar-refractivity contribution in [2.45, 2.75) is 181 Å². The maximum atomic E-state index is 14.0. The van der Waals surface area contributed by atoms with Gasteiger partial charge >= 0.3 is 24.0 Å². The summed E-state index contributed by atoms with van der Waals surface area (Å²) < 4.78 is 50.3. The van der Waals surface area contributed by atoms with Gasteiger partial charge in [-0.05, 0) is 110 Å². The number of cyclic esters (lactones) is 2. The van der Waals surface area contributed by atoms with Crippen molar-refractivity contribution in [1.29, 1.82) is 0 Å². The second-order valence-corrected chi connectivity index (χ2v) is 27.8. The van der Waals surface area contributed by atoms with Gasteiger partial charge in [0.25, 0.3) is 11.8 Å². The van der Waals surface area contributed by atoms with Crippen LogP contribution in [0.1, 0.15) is 147 Å². The van der Waals surface area contributed by atoms with E-state index in [9.17, 15) is 57.5 Å². The van der Waals surface area contributed by atoms with Gasteiger partial charge in [0.2, 0.25) is 35.4 Å². The van der Waals surface area contributed by atoms with E-state index in [0.29, 0.717) is 85.1 Å². The average Bonchev–Trinajstić information content (AvgIpc) is 1.63. The van der Waals surface area contributed by atoms with E-state index < -0.39 is 125 Å². The third kappa shape index (κ3) is 29.7. The Labute approximate surface area is 623 Å². The number of unbranched alkanes of at least 4 members (excludes halogenated alkanes) is 1. The highest BCUT2D eigenvalue weighted by Gasteiger charge is 2.48. The minimum absolute atomic E-state index is 0.0139. The average molecular weight is 1500 g/mol. The van der Waals surface area contributed by atoms with Crippen LogP contribution >= 0.6 is 11.6 Å². The number of benzene rings is 3. The molecule has 3 aromatic rings. The van der Waals surface area contributed by atoms with Gasteiger partial charge in [-0.15, -0.1) is 5.06 Å². The Kier molecular flexibility index (Phi) is 35.8. The largest absolute Gasteiger partial charge is 0.495 e. The molecule has 2 fully saturated rings. The number of epoxide rings is 1. The molecule has 0 spiro atoms. The van der Waals surface area contributed by atoms with Gasteiger partial charge < -0.3 is 84.7 Å². The molecule has 6 rings (SSSR count). The number of esters is 2. The summed E-state index contributed by atoms with van der Waals surface area (Å²) in [6, 6.07) is 15.6. The Morgan fingerprint density at radius 1 is 0.717 bits per heavy atom. The second kappa shape index (κ2) is 44.2. The summed E-state index contributed by atoms with van der Waals surface area (Å²) in [4.78, 5) is 163. The molecule has 582 valence electrons. The SMILES string of the molecule is COCCOCCOCCOCCC(=O)NCCCC[C@H](NC(=O)[C@@H](NC(=O)CCCC(=O)ON1C(=O)CCC1=O)C(C)C)C(=O)Nc1ccc(COC(=O)NCc2ccc([C@H]3O[C@@H]3[C@@H](C)[C@@H]3C/C=C/C(=O)N[C@H](Cc4ccc(OC)c(Cl)c4)C(=O)NCC(C)(C)C(=O)O[C@@H](CC(C)C)C(=O)O3)cc2)cc1. The summed E-state index contributed by atoms with van der Waals surface area (Å²) in [6.45, 7) is 14.9. The molecule has 0 bridgehead atoms. The molecule has 0 aromatic heterocycles. The first-order chi connectivity index (χ1) is 50.6. The number of amides is 9. The highest BCUT2D eigenvalue weighted by molar-refractivity contribution is 6.32. The van der Waals surface area contributed by atoms with E-state index >= 15 is 0 Å². The van der Waals surface area contributed by atoms with E-state index in [0.717, 1.165) is 11.1 Å². The second-order valence-electron chi connectivity index (χ2n) is 27.4. The van der Waals surface area contributed by atoms with Crippen LogP contribution in [-0.2, 0) is 115 Å².